The SMILES string of the molecule is CCNCCCOC1COC1. The fourth-order valence-electron chi connectivity index (χ4n) is 0.934. The summed E-state index contributed by atoms with van der Waals surface area (Å²) >= 11 is 0. The van der Waals surface area contributed by atoms with Crippen molar-refractivity contribution in [2.75, 3.05) is 32.9 Å². The van der Waals surface area contributed by atoms with Crippen molar-refractivity contribution in [1.29, 1.82) is 0 Å². The number of hydrogen-bond acceptors (Lipinski definition) is 3. The van der Waals surface area contributed by atoms with Gasteiger partial charge in [0.1, 0.15) is 6.10 Å². The zero-order chi connectivity index (χ0) is 7.94. The molecule has 66 valence electrons. The van der Waals surface area contributed by atoms with Gasteiger partial charge in [0, 0.05) is 6.61 Å². The second-order valence-electron chi connectivity index (χ2n) is 2.74. The van der Waals surface area contributed by atoms with Crippen LogP contribution in [0.1, 0.15) is 13.3 Å². The van der Waals surface area contributed by atoms with Crippen LogP contribution < -0.4 is 5.32 Å². The Labute approximate surface area is 68.1 Å². The first-order chi connectivity index (χ1) is 5.43. The average molecular weight is 159 g/mol. The standard InChI is InChI=1S/C8H17NO2/c1-2-9-4-3-5-11-8-6-10-7-8/h8-9H,2-7H2,1H3. The highest BCUT2D eigenvalue weighted by molar-refractivity contribution is 4.63. The third-order valence-electron chi connectivity index (χ3n) is 1.71. The highest BCUT2D eigenvalue weighted by atomic mass is 16.6. The molecule has 11 heavy (non-hydrogen) atoms. The van der Waals surface area contributed by atoms with Crippen molar-refractivity contribution >= 4 is 0 Å². The first-order valence-electron chi connectivity index (χ1n) is 4.33. The van der Waals surface area contributed by atoms with Crippen molar-refractivity contribution in [3.8, 4) is 0 Å². The Balaban J connectivity index is 1.73. The summed E-state index contributed by atoms with van der Waals surface area (Å²) in [5.41, 5.74) is 0. The van der Waals surface area contributed by atoms with Gasteiger partial charge in [0.15, 0.2) is 0 Å². The van der Waals surface area contributed by atoms with Crippen molar-refractivity contribution in [1.82, 2.24) is 5.32 Å². The minimum Gasteiger partial charge on any atom is -0.376 e. The molecular formula is C8H17NO2. The second-order valence-corrected chi connectivity index (χ2v) is 2.74. The minimum atomic E-state index is 0.386. The molecule has 3 nitrogen and oxygen atoms in total. The zero-order valence-corrected chi connectivity index (χ0v) is 7.14. The second kappa shape index (κ2) is 5.52. The van der Waals surface area contributed by atoms with E-state index in [9.17, 15) is 0 Å². The van der Waals surface area contributed by atoms with Gasteiger partial charge in [-0.2, -0.15) is 0 Å². The van der Waals surface area contributed by atoms with Crippen LogP contribution in [-0.2, 0) is 9.47 Å². The predicted octanol–water partition coefficient (Wildman–Crippen LogP) is 0.401. The molecule has 0 spiro atoms. The van der Waals surface area contributed by atoms with Crippen LogP contribution in [0, 0.1) is 0 Å². The highest BCUT2D eigenvalue weighted by Gasteiger charge is 2.17. The third-order valence-corrected chi connectivity index (χ3v) is 1.71. The van der Waals surface area contributed by atoms with E-state index in [0.29, 0.717) is 6.10 Å². The van der Waals surface area contributed by atoms with Gasteiger partial charge in [-0.15, -0.1) is 0 Å². The molecule has 1 saturated heterocycles. The lowest BCUT2D eigenvalue weighted by Gasteiger charge is -2.25. The van der Waals surface area contributed by atoms with Gasteiger partial charge in [-0.3, -0.25) is 0 Å². The van der Waals surface area contributed by atoms with Gasteiger partial charge < -0.3 is 14.8 Å². The van der Waals surface area contributed by atoms with E-state index < -0.39 is 0 Å². The van der Waals surface area contributed by atoms with Crippen LogP contribution >= 0.6 is 0 Å². The van der Waals surface area contributed by atoms with Crippen molar-refractivity contribution < 1.29 is 9.47 Å². The van der Waals surface area contributed by atoms with Crippen molar-refractivity contribution in [3.63, 3.8) is 0 Å². The van der Waals surface area contributed by atoms with Crippen LogP contribution in [0.25, 0.3) is 0 Å². The summed E-state index contributed by atoms with van der Waals surface area (Å²) in [6.45, 7) is 6.67. The maximum Gasteiger partial charge on any atom is 0.104 e. The van der Waals surface area contributed by atoms with Gasteiger partial charge in [0.25, 0.3) is 0 Å². The van der Waals surface area contributed by atoms with E-state index in [4.69, 9.17) is 9.47 Å². The fraction of sp³-hybridized carbons (Fsp3) is 1.00. The van der Waals surface area contributed by atoms with E-state index >= 15 is 0 Å². The molecule has 0 aliphatic carbocycles. The third kappa shape index (κ3) is 3.70. The molecule has 0 saturated carbocycles. The van der Waals surface area contributed by atoms with Crippen molar-refractivity contribution in [2.45, 2.75) is 19.4 Å². The van der Waals surface area contributed by atoms with E-state index in [1.807, 2.05) is 0 Å². The smallest absolute Gasteiger partial charge is 0.104 e. The van der Waals surface area contributed by atoms with Crippen LogP contribution in [0.2, 0.25) is 0 Å². The number of rotatable bonds is 6. The molecule has 1 N–H and O–H groups in total. The average Bonchev–Trinajstić information content (AvgIpc) is 1.93. The number of ether oxygens (including phenoxy) is 2. The summed E-state index contributed by atoms with van der Waals surface area (Å²) in [6, 6.07) is 0. The Morgan fingerprint density at radius 3 is 2.91 bits per heavy atom. The van der Waals surface area contributed by atoms with E-state index in [-0.39, 0.29) is 0 Å². The molecule has 0 bridgehead atoms. The van der Waals surface area contributed by atoms with E-state index in [1.165, 1.54) is 0 Å². The monoisotopic (exact) mass is 159 g/mol. The van der Waals surface area contributed by atoms with Gasteiger partial charge in [0.05, 0.1) is 13.2 Å². The first kappa shape index (κ1) is 8.97. The molecule has 1 aliphatic rings. The topological polar surface area (TPSA) is 30.5 Å². The summed E-state index contributed by atoms with van der Waals surface area (Å²) in [6.07, 6.45) is 1.49. The summed E-state index contributed by atoms with van der Waals surface area (Å²) in [4.78, 5) is 0. The fourth-order valence-corrected chi connectivity index (χ4v) is 0.934. The summed E-state index contributed by atoms with van der Waals surface area (Å²) in [5, 5.41) is 3.25. The lowest BCUT2D eigenvalue weighted by molar-refractivity contribution is -0.129. The lowest BCUT2D eigenvalue weighted by atomic mass is 10.3. The maximum absolute atomic E-state index is 5.46. The number of nitrogens with one attached hydrogen (secondary N) is 1. The number of hydrogen-bond donors (Lipinski definition) is 1. The van der Waals surface area contributed by atoms with Crippen molar-refractivity contribution in [3.05, 3.63) is 0 Å². The van der Waals surface area contributed by atoms with Crippen LogP contribution in [0.4, 0.5) is 0 Å². The van der Waals surface area contributed by atoms with Gasteiger partial charge in [-0.1, -0.05) is 6.92 Å². The Morgan fingerprint density at radius 1 is 1.55 bits per heavy atom. The molecule has 0 atom stereocenters. The highest BCUT2D eigenvalue weighted by Crippen LogP contribution is 2.04. The Morgan fingerprint density at radius 2 is 2.36 bits per heavy atom. The molecule has 1 rings (SSSR count). The zero-order valence-electron chi connectivity index (χ0n) is 7.14. The molecule has 0 unspecified atom stereocenters. The van der Waals surface area contributed by atoms with Gasteiger partial charge in [-0.05, 0) is 19.5 Å². The van der Waals surface area contributed by atoms with E-state index in [2.05, 4.69) is 12.2 Å². The molecule has 0 radical (unpaired) electrons. The normalized spacial score (nSPS) is 18.3. The first-order valence-corrected chi connectivity index (χ1v) is 4.33. The maximum atomic E-state index is 5.46. The van der Waals surface area contributed by atoms with Crippen LogP contribution in [0.5, 0.6) is 0 Å². The predicted molar refractivity (Wildman–Crippen MR) is 43.7 cm³/mol. The Bertz CT molecular complexity index is 94.1. The largest absolute Gasteiger partial charge is 0.376 e. The van der Waals surface area contributed by atoms with Crippen molar-refractivity contribution in [2.24, 2.45) is 0 Å². The van der Waals surface area contributed by atoms with Crippen LogP contribution in [0.3, 0.4) is 0 Å². The molecule has 1 fully saturated rings. The summed E-state index contributed by atoms with van der Waals surface area (Å²) in [7, 11) is 0. The lowest BCUT2D eigenvalue weighted by Crippen LogP contribution is -2.36. The van der Waals surface area contributed by atoms with Gasteiger partial charge in [-0.25, -0.2) is 0 Å². The molecule has 0 amide bonds. The molecule has 1 heterocycles. The van der Waals surface area contributed by atoms with Gasteiger partial charge >= 0.3 is 0 Å². The molecule has 1 aliphatic heterocycles. The van der Waals surface area contributed by atoms with E-state index in [0.717, 1.165) is 39.3 Å². The molecule has 3 heteroatoms. The molecular weight excluding hydrogens is 142 g/mol. The van der Waals surface area contributed by atoms with Gasteiger partial charge in [0.2, 0.25) is 0 Å². The summed E-state index contributed by atoms with van der Waals surface area (Å²) in [5.74, 6) is 0. The van der Waals surface area contributed by atoms with E-state index in [1.54, 1.807) is 0 Å². The Kier molecular flexibility index (Phi) is 4.50. The summed E-state index contributed by atoms with van der Waals surface area (Å²) < 4.78 is 10.4. The minimum absolute atomic E-state index is 0.386. The molecule has 0 aromatic rings. The quantitative estimate of drug-likeness (QED) is 0.569. The van der Waals surface area contributed by atoms with Crippen LogP contribution in [-0.4, -0.2) is 39.0 Å². The Hall–Kier alpha value is -0.120. The molecule has 0 aromatic carbocycles. The van der Waals surface area contributed by atoms with Crippen LogP contribution in [0.15, 0.2) is 0 Å². The molecule has 0 aromatic heterocycles.